The van der Waals surface area contributed by atoms with Crippen LogP contribution in [0.5, 0.6) is 0 Å². The number of unbranched alkanes of at least 4 members (excludes halogenated alkanes) is 2. The van der Waals surface area contributed by atoms with E-state index in [9.17, 15) is 0 Å². The third kappa shape index (κ3) is 14.8. The lowest BCUT2D eigenvalue weighted by molar-refractivity contribution is 0.265. The first-order valence-electron chi connectivity index (χ1n) is 9.46. The summed E-state index contributed by atoms with van der Waals surface area (Å²) >= 11 is 11.1. The normalized spacial score (nSPS) is 12.6. The molecule has 0 aliphatic heterocycles. The second-order valence-electron chi connectivity index (χ2n) is 5.40. The molecule has 0 unspecified atom stereocenters. The molecule has 0 bridgehead atoms. The van der Waals surface area contributed by atoms with Crippen LogP contribution in [0.3, 0.4) is 0 Å². The average molecular weight is 483 g/mol. The Morgan fingerprint density at radius 1 is 0.577 bits per heavy atom. The zero-order valence-corrected chi connectivity index (χ0v) is 21.7. The molecule has 0 aliphatic carbocycles. The van der Waals surface area contributed by atoms with Crippen LogP contribution >= 0.6 is 34.6 Å². The predicted molar refractivity (Wildman–Crippen MR) is 128 cm³/mol. The van der Waals surface area contributed by atoms with Crippen molar-refractivity contribution < 1.29 is 18.1 Å². The van der Waals surface area contributed by atoms with E-state index in [1.54, 1.807) is 0 Å². The summed E-state index contributed by atoms with van der Waals surface area (Å²) in [6.07, 6.45) is 6.24. The van der Waals surface area contributed by atoms with Gasteiger partial charge in [0.05, 0.1) is 26.4 Å². The highest BCUT2D eigenvalue weighted by molar-refractivity contribution is 8.76. The first-order chi connectivity index (χ1) is 12.4. The molecular formula is C16H36O4P2S4. The summed E-state index contributed by atoms with van der Waals surface area (Å²) in [7, 11) is 3.89. The van der Waals surface area contributed by atoms with Crippen molar-refractivity contribution in [2.24, 2.45) is 0 Å². The van der Waals surface area contributed by atoms with Crippen LogP contribution in [0.25, 0.3) is 0 Å². The predicted octanol–water partition coefficient (Wildman–Crippen LogP) is 6.69. The Kier molecular flexibility index (Phi) is 18.9. The van der Waals surface area contributed by atoms with E-state index in [0.717, 1.165) is 49.5 Å². The van der Waals surface area contributed by atoms with Crippen LogP contribution in [-0.2, 0) is 41.7 Å². The third-order valence-electron chi connectivity index (χ3n) is 3.21. The van der Waals surface area contributed by atoms with Gasteiger partial charge in [0.15, 0.2) is 13.0 Å². The molecule has 0 spiro atoms. The molecule has 0 aliphatic rings. The lowest BCUT2D eigenvalue weighted by Gasteiger charge is -2.21. The molecule has 0 amide bonds. The lowest BCUT2D eigenvalue weighted by atomic mass is 10.4. The molecule has 0 atom stereocenters. The molecule has 0 rings (SSSR count). The molecular weight excluding hydrogens is 446 g/mol. The van der Waals surface area contributed by atoms with Crippen LogP contribution in [0, 0.1) is 0 Å². The maximum atomic E-state index is 5.67. The van der Waals surface area contributed by atoms with E-state index in [2.05, 4.69) is 0 Å². The SMILES string of the molecule is CCOP(=S)(CCCCSSCCCCP(=S)(OCC)OCC)OCC. The van der Waals surface area contributed by atoms with Gasteiger partial charge in [-0.2, -0.15) is 0 Å². The minimum Gasteiger partial charge on any atom is -0.330 e. The third-order valence-corrected chi connectivity index (χ3v) is 12.5. The largest absolute Gasteiger partial charge is 0.330 e. The van der Waals surface area contributed by atoms with Crippen molar-refractivity contribution in [2.45, 2.75) is 53.4 Å². The van der Waals surface area contributed by atoms with Crippen molar-refractivity contribution in [3.8, 4) is 0 Å². The Morgan fingerprint density at radius 3 is 1.15 bits per heavy atom. The Labute approximate surface area is 179 Å². The molecule has 0 aromatic rings. The zero-order valence-electron chi connectivity index (χ0n) is 16.6. The van der Waals surface area contributed by atoms with Gasteiger partial charge >= 0.3 is 0 Å². The van der Waals surface area contributed by atoms with Gasteiger partial charge in [0, 0.05) is 23.8 Å². The van der Waals surface area contributed by atoms with Crippen molar-refractivity contribution in [3.05, 3.63) is 0 Å². The van der Waals surface area contributed by atoms with Gasteiger partial charge in [-0.25, -0.2) is 0 Å². The van der Waals surface area contributed by atoms with E-state index >= 15 is 0 Å². The van der Waals surface area contributed by atoms with Crippen molar-refractivity contribution in [3.63, 3.8) is 0 Å². The summed E-state index contributed by atoms with van der Waals surface area (Å²) < 4.78 is 22.7. The van der Waals surface area contributed by atoms with Crippen molar-refractivity contribution in [1.82, 2.24) is 0 Å². The van der Waals surface area contributed by atoms with Gasteiger partial charge in [-0.3, -0.25) is 0 Å². The molecule has 0 N–H and O–H groups in total. The van der Waals surface area contributed by atoms with Gasteiger partial charge in [-0.05, 0) is 77.0 Å². The van der Waals surface area contributed by atoms with E-state index in [0.29, 0.717) is 26.4 Å². The number of hydrogen-bond donors (Lipinski definition) is 0. The van der Waals surface area contributed by atoms with Crippen LogP contribution in [0.15, 0.2) is 0 Å². The summed E-state index contributed by atoms with van der Waals surface area (Å²) in [6, 6.07) is 0. The Hall–Kier alpha value is 1.84. The highest BCUT2D eigenvalue weighted by Gasteiger charge is 2.17. The van der Waals surface area contributed by atoms with E-state index in [4.69, 9.17) is 41.7 Å². The van der Waals surface area contributed by atoms with Crippen molar-refractivity contribution in [1.29, 1.82) is 0 Å². The van der Waals surface area contributed by atoms with E-state index in [1.807, 2.05) is 49.3 Å². The van der Waals surface area contributed by atoms with Gasteiger partial charge in [-0.1, -0.05) is 21.6 Å². The van der Waals surface area contributed by atoms with Gasteiger partial charge in [-0.15, -0.1) is 0 Å². The van der Waals surface area contributed by atoms with Crippen LogP contribution in [0.2, 0.25) is 0 Å². The Bertz CT molecular complexity index is 369. The first kappa shape index (κ1) is 27.8. The molecule has 0 heterocycles. The molecule has 0 fully saturated rings. The molecule has 10 heteroatoms. The standard InChI is InChI=1S/C16H36O4P2S4/c1-5-17-21(23,18-6-2)13-9-11-15-25-26-16-12-10-14-22(24,19-7-3)20-8-4/h5-16H2,1-4H3. The Morgan fingerprint density at radius 2 is 0.885 bits per heavy atom. The minimum atomic E-state index is -2.03. The van der Waals surface area contributed by atoms with Gasteiger partial charge in [0.1, 0.15) is 0 Å². The smallest absolute Gasteiger partial charge is 0.188 e. The first-order valence-corrected chi connectivity index (χ1v) is 17.6. The van der Waals surface area contributed by atoms with E-state index in [-0.39, 0.29) is 0 Å². The monoisotopic (exact) mass is 482 g/mol. The molecule has 0 radical (unpaired) electrons. The van der Waals surface area contributed by atoms with Gasteiger partial charge in [0.25, 0.3) is 0 Å². The molecule has 0 aromatic carbocycles. The molecule has 4 nitrogen and oxygen atoms in total. The van der Waals surface area contributed by atoms with Crippen LogP contribution in [0.4, 0.5) is 0 Å². The Balaban J connectivity index is 3.67. The summed E-state index contributed by atoms with van der Waals surface area (Å²) in [5, 5.41) is 0. The summed E-state index contributed by atoms with van der Waals surface area (Å²) in [5.41, 5.74) is 0. The zero-order chi connectivity index (χ0) is 19.7. The van der Waals surface area contributed by atoms with Crippen LogP contribution in [0.1, 0.15) is 53.4 Å². The topological polar surface area (TPSA) is 36.9 Å². The number of rotatable bonds is 19. The van der Waals surface area contributed by atoms with Crippen LogP contribution < -0.4 is 0 Å². The maximum Gasteiger partial charge on any atom is 0.188 e. The fourth-order valence-corrected chi connectivity index (χ4v) is 9.96. The second-order valence-corrected chi connectivity index (χ2v) is 15.8. The molecule has 0 saturated heterocycles. The lowest BCUT2D eigenvalue weighted by Crippen LogP contribution is -2.00. The highest BCUT2D eigenvalue weighted by Crippen LogP contribution is 2.50. The van der Waals surface area contributed by atoms with Crippen LogP contribution in [-0.4, -0.2) is 50.3 Å². The molecule has 26 heavy (non-hydrogen) atoms. The molecule has 0 aromatic heterocycles. The summed E-state index contributed by atoms with van der Waals surface area (Å²) in [6.45, 7) is 6.42. The highest BCUT2D eigenvalue weighted by atomic mass is 33.1. The van der Waals surface area contributed by atoms with Crippen molar-refractivity contribution in [2.75, 3.05) is 50.3 Å². The second kappa shape index (κ2) is 17.7. The minimum absolute atomic E-state index is 0.641. The van der Waals surface area contributed by atoms with Crippen molar-refractivity contribution >= 4 is 58.2 Å². The molecule has 0 saturated carbocycles. The van der Waals surface area contributed by atoms with Gasteiger partial charge < -0.3 is 18.1 Å². The average Bonchev–Trinajstić information content (AvgIpc) is 2.57. The van der Waals surface area contributed by atoms with E-state index in [1.165, 1.54) is 0 Å². The number of hydrogen-bond acceptors (Lipinski definition) is 8. The fraction of sp³-hybridized carbons (Fsp3) is 1.00. The summed E-state index contributed by atoms with van der Waals surface area (Å²) in [5.74, 6) is 2.29. The van der Waals surface area contributed by atoms with Gasteiger partial charge in [0.2, 0.25) is 0 Å². The fourth-order valence-electron chi connectivity index (χ4n) is 2.17. The quantitative estimate of drug-likeness (QED) is 0.114. The summed E-state index contributed by atoms with van der Waals surface area (Å²) in [4.78, 5) is 0. The van der Waals surface area contributed by atoms with E-state index < -0.39 is 13.0 Å². The maximum absolute atomic E-state index is 5.67. The molecule has 158 valence electrons.